The number of carbonyl (C=O) groups excluding carboxylic acids is 1. The Balaban J connectivity index is 1.62. The second-order valence-corrected chi connectivity index (χ2v) is 11.9. The molecular formula is C24H34O10S. The summed E-state index contributed by atoms with van der Waals surface area (Å²) in [6.07, 6.45) is -4.98. The third-order valence-electron chi connectivity index (χ3n) is 5.91. The minimum Gasteiger partial charge on any atom is -0.463 e. The molecule has 0 aliphatic carbocycles. The van der Waals surface area contributed by atoms with Crippen LogP contribution in [0, 0.1) is 0 Å². The molecule has 1 aromatic carbocycles. The summed E-state index contributed by atoms with van der Waals surface area (Å²) >= 11 is 0. The van der Waals surface area contributed by atoms with Gasteiger partial charge in [-0.1, -0.05) is 30.3 Å². The molecule has 0 bridgehead atoms. The van der Waals surface area contributed by atoms with Gasteiger partial charge in [0.25, 0.3) is 10.1 Å². The maximum absolute atomic E-state index is 13.7. The van der Waals surface area contributed by atoms with Crippen LogP contribution >= 0.6 is 0 Å². The topological polar surface area (TPSA) is 116 Å². The van der Waals surface area contributed by atoms with Crippen LogP contribution in [0.1, 0.15) is 58.8 Å². The fourth-order valence-corrected chi connectivity index (χ4v) is 6.02. The van der Waals surface area contributed by atoms with E-state index < -0.39 is 70.0 Å². The highest BCUT2D eigenvalue weighted by Gasteiger charge is 2.60. The predicted octanol–water partition coefficient (Wildman–Crippen LogP) is 2.81. The van der Waals surface area contributed by atoms with E-state index in [4.69, 9.17) is 32.6 Å². The standard InChI is InChI=1S/C24H34O10S/c1-14(2)29-18(25)12-17(15-10-8-7-9-11-15)35(26,27)34-20-19(16-13-28-23(3,4)31-16)30-22-21(20)32-24(5,6)33-22/h7-11,14,16-17,19-22H,12-13H2,1-6H3/t16-,17-,19-,20-,21-,22-/m1/s1. The van der Waals surface area contributed by atoms with Gasteiger partial charge >= 0.3 is 5.97 Å². The number of ether oxygens (including phenoxy) is 6. The molecule has 3 aliphatic rings. The van der Waals surface area contributed by atoms with E-state index in [-0.39, 0.29) is 12.7 Å². The summed E-state index contributed by atoms with van der Waals surface area (Å²) in [5.74, 6) is -2.49. The van der Waals surface area contributed by atoms with E-state index >= 15 is 0 Å². The Hall–Kier alpha value is -1.60. The van der Waals surface area contributed by atoms with Crippen molar-refractivity contribution in [3.8, 4) is 0 Å². The molecule has 6 atom stereocenters. The number of esters is 1. The van der Waals surface area contributed by atoms with Crippen LogP contribution in [0.25, 0.3) is 0 Å². The van der Waals surface area contributed by atoms with Gasteiger partial charge < -0.3 is 28.4 Å². The van der Waals surface area contributed by atoms with Crippen molar-refractivity contribution in [2.24, 2.45) is 0 Å². The molecule has 0 saturated carbocycles. The van der Waals surface area contributed by atoms with Crippen molar-refractivity contribution in [2.75, 3.05) is 6.61 Å². The number of hydrogen-bond donors (Lipinski definition) is 0. The lowest BCUT2D eigenvalue weighted by molar-refractivity contribution is -0.230. The lowest BCUT2D eigenvalue weighted by atomic mass is 10.1. The van der Waals surface area contributed by atoms with Crippen molar-refractivity contribution in [2.45, 2.75) is 102 Å². The van der Waals surface area contributed by atoms with Crippen molar-refractivity contribution < 1.29 is 45.8 Å². The Bertz CT molecular complexity index is 1010. The fourth-order valence-electron chi connectivity index (χ4n) is 4.53. The van der Waals surface area contributed by atoms with E-state index in [1.165, 1.54) is 0 Å². The molecule has 3 heterocycles. The summed E-state index contributed by atoms with van der Waals surface area (Å²) in [7, 11) is -4.37. The number of fused-ring (bicyclic) bond motifs is 1. The first kappa shape index (κ1) is 26.5. The Morgan fingerprint density at radius 3 is 2.31 bits per heavy atom. The Labute approximate surface area is 206 Å². The summed E-state index contributed by atoms with van der Waals surface area (Å²) in [5, 5.41) is -1.29. The van der Waals surface area contributed by atoms with Gasteiger partial charge in [-0.2, -0.15) is 8.42 Å². The molecular weight excluding hydrogens is 480 g/mol. The van der Waals surface area contributed by atoms with Gasteiger partial charge in [0, 0.05) is 0 Å². The molecule has 3 aliphatic heterocycles. The minimum absolute atomic E-state index is 0.184. The van der Waals surface area contributed by atoms with Gasteiger partial charge in [0.2, 0.25) is 0 Å². The molecule has 0 amide bonds. The Morgan fingerprint density at radius 2 is 1.71 bits per heavy atom. The van der Waals surface area contributed by atoms with E-state index in [9.17, 15) is 13.2 Å². The largest absolute Gasteiger partial charge is 0.463 e. The molecule has 0 aromatic heterocycles. The minimum atomic E-state index is -4.37. The lowest BCUT2D eigenvalue weighted by Gasteiger charge is -2.29. The normalized spacial score (nSPS) is 32.5. The second kappa shape index (κ2) is 9.70. The van der Waals surface area contributed by atoms with Crippen LogP contribution in [0.2, 0.25) is 0 Å². The molecule has 0 spiro atoms. The van der Waals surface area contributed by atoms with Gasteiger partial charge in [0.15, 0.2) is 17.9 Å². The molecule has 3 fully saturated rings. The molecule has 0 unspecified atom stereocenters. The zero-order valence-corrected chi connectivity index (χ0v) is 21.6. The molecule has 11 heteroatoms. The quantitative estimate of drug-likeness (QED) is 0.379. The highest BCUT2D eigenvalue weighted by Crippen LogP contribution is 2.43. The SMILES string of the molecule is CC(C)OC(=O)C[C@H](c1ccccc1)S(=O)(=O)O[C@H]1[C@H]2OC(C)(C)O[C@H]2O[C@@H]1[C@H]1COC(C)(C)O1. The second-order valence-electron chi connectivity index (χ2n) is 10.1. The van der Waals surface area contributed by atoms with Crippen LogP contribution in [-0.4, -0.2) is 69.4 Å². The molecule has 3 saturated heterocycles. The molecule has 196 valence electrons. The van der Waals surface area contributed by atoms with Crippen molar-refractivity contribution in [1.29, 1.82) is 0 Å². The molecule has 10 nitrogen and oxygen atoms in total. The summed E-state index contributed by atoms with van der Waals surface area (Å²) < 4.78 is 67.9. The first-order valence-electron chi connectivity index (χ1n) is 11.8. The Morgan fingerprint density at radius 1 is 1.03 bits per heavy atom. The van der Waals surface area contributed by atoms with E-state index in [2.05, 4.69) is 0 Å². The van der Waals surface area contributed by atoms with Gasteiger partial charge in [-0.25, -0.2) is 0 Å². The van der Waals surface area contributed by atoms with Crippen LogP contribution in [0.4, 0.5) is 0 Å². The van der Waals surface area contributed by atoms with Gasteiger partial charge in [0.1, 0.15) is 29.7 Å². The van der Waals surface area contributed by atoms with Crippen molar-refractivity contribution in [3.63, 3.8) is 0 Å². The highest BCUT2D eigenvalue weighted by atomic mass is 32.2. The average molecular weight is 515 g/mol. The molecule has 35 heavy (non-hydrogen) atoms. The third-order valence-corrected chi connectivity index (χ3v) is 7.53. The summed E-state index contributed by atoms with van der Waals surface area (Å²) in [6, 6.07) is 8.43. The number of hydrogen-bond acceptors (Lipinski definition) is 10. The van der Waals surface area contributed by atoms with Crippen molar-refractivity contribution in [3.05, 3.63) is 35.9 Å². The van der Waals surface area contributed by atoms with Crippen LogP contribution < -0.4 is 0 Å². The zero-order chi connectivity index (χ0) is 25.6. The van der Waals surface area contributed by atoms with Crippen LogP contribution in [0.3, 0.4) is 0 Å². The van der Waals surface area contributed by atoms with Crippen LogP contribution in [-0.2, 0) is 47.5 Å². The molecule has 0 radical (unpaired) electrons. The van der Waals surface area contributed by atoms with Gasteiger partial charge in [0.05, 0.1) is 19.1 Å². The van der Waals surface area contributed by atoms with Crippen LogP contribution in [0.5, 0.6) is 0 Å². The smallest absolute Gasteiger partial charge is 0.307 e. The summed E-state index contributed by atoms with van der Waals surface area (Å²) in [6.45, 7) is 10.5. The number of rotatable bonds is 8. The van der Waals surface area contributed by atoms with Gasteiger partial charge in [-0.05, 0) is 47.1 Å². The average Bonchev–Trinajstić information content (AvgIpc) is 3.35. The van der Waals surface area contributed by atoms with E-state index in [1.54, 1.807) is 71.9 Å². The van der Waals surface area contributed by atoms with E-state index in [0.29, 0.717) is 5.56 Å². The zero-order valence-electron chi connectivity index (χ0n) is 20.8. The maximum Gasteiger partial charge on any atom is 0.307 e. The molecule has 0 N–H and O–H groups in total. The van der Waals surface area contributed by atoms with Gasteiger partial charge in [-0.3, -0.25) is 8.98 Å². The molecule has 1 aromatic rings. The molecule has 4 rings (SSSR count). The Kier molecular flexibility index (Phi) is 7.33. The van der Waals surface area contributed by atoms with Gasteiger partial charge in [-0.15, -0.1) is 0 Å². The first-order chi connectivity index (χ1) is 16.3. The third kappa shape index (κ3) is 6.04. The predicted molar refractivity (Wildman–Crippen MR) is 122 cm³/mol. The van der Waals surface area contributed by atoms with Crippen LogP contribution in [0.15, 0.2) is 30.3 Å². The summed E-state index contributed by atoms with van der Waals surface area (Å²) in [4.78, 5) is 12.5. The van der Waals surface area contributed by atoms with E-state index in [1.807, 2.05) is 0 Å². The monoisotopic (exact) mass is 514 g/mol. The van der Waals surface area contributed by atoms with Crippen molar-refractivity contribution in [1.82, 2.24) is 0 Å². The fraction of sp³-hybridized carbons (Fsp3) is 0.708. The number of carbonyl (C=O) groups is 1. The first-order valence-corrected chi connectivity index (χ1v) is 13.2. The maximum atomic E-state index is 13.7. The lowest BCUT2D eigenvalue weighted by Crippen LogP contribution is -2.45. The number of benzene rings is 1. The summed E-state index contributed by atoms with van der Waals surface area (Å²) in [5.41, 5.74) is 0.408. The highest BCUT2D eigenvalue weighted by molar-refractivity contribution is 7.87. The van der Waals surface area contributed by atoms with E-state index in [0.717, 1.165) is 0 Å². The van der Waals surface area contributed by atoms with Crippen molar-refractivity contribution >= 4 is 16.1 Å².